The molecule has 0 saturated carbocycles. The van der Waals surface area contributed by atoms with Crippen molar-refractivity contribution in [2.45, 2.75) is 39.5 Å². The maximum absolute atomic E-state index is 12.4. The molecular weight excluding hydrogens is 765 g/mol. The van der Waals surface area contributed by atoms with Crippen molar-refractivity contribution >= 4 is 46.6 Å². The van der Waals surface area contributed by atoms with Gasteiger partial charge in [0.05, 0.1) is 0 Å². The van der Waals surface area contributed by atoms with Crippen molar-refractivity contribution in [2.75, 3.05) is 7.05 Å². The first-order valence-corrected chi connectivity index (χ1v) is 18.6. The first kappa shape index (κ1) is 41.8. The fourth-order valence-electron chi connectivity index (χ4n) is 5.61. The lowest BCUT2D eigenvalue weighted by Crippen LogP contribution is -2.18. The zero-order valence-corrected chi connectivity index (χ0v) is 32.9. The van der Waals surface area contributed by atoms with Gasteiger partial charge in [-0.1, -0.05) is 71.7 Å². The number of aromatic carboxylic acids is 1. The number of aromatic nitrogens is 2. The Balaban J connectivity index is 0.000000218. The van der Waals surface area contributed by atoms with Crippen LogP contribution in [0.15, 0.2) is 122 Å². The van der Waals surface area contributed by atoms with Gasteiger partial charge in [-0.25, -0.2) is 9.78 Å². The fourth-order valence-corrected chi connectivity index (χ4v) is 5.85. The molecule has 2 aromatic heterocycles. The summed E-state index contributed by atoms with van der Waals surface area (Å²) < 4.78 is 11.4. The number of carboxylic acids is 1. The molecule has 0 bridgehead atoms. The van der Waals surface area contributed by atoms with Gasteiger partial charge < -0.3 is 19.9 Å². The lowest BCUT2D eigenvalue weighted by atomic mass is 10.0. The van der Waals surface area contributed by atoms with Gasteiger partial charge in [-0.3, -0.25) is 19.4 Å². The van der Waals surface area contributed by atoms with E-state index in [2.05, 4.69) is 15.3 Å². The van der Waals surface area contributed by atoms with Gasteiger partial charge in [0.1, 0.15) is 40.3 Å². The van der Waals surface area contributed by atoms with Gasteiger partial charge in [0.25, 0.3) is 5.91 Å². The van der Waals surface area contributed by atoms with Crippen LogP contribution >= 0.6 is 23.2 Å². The van der Waals surface area contributed by atoms with E-state index in [1.807, 2.05) is 68.4 Å². The van der Waals surface area contributed by atoms with Gasteiger partial charge >= 0.3 is 5.97 Å². The Kier molecular flexibility index (Phi) is 14.7. The summed E-state index contributed by atoms with van der Waals surface area (Å²) >= 11 is 12.0. The van der Waals surface area contributed by atoms with Gasteiger partial charge in [0, 0.05) is 67.3 Å². The number of pyridine rings is 2. The normalized spacial score (nSPS) is 10.5. The second kappa shape index (κ2) is 20.0. The smallest absolute Gasteiger partial charge is 0.354 e. The molecule has 6 aromatic rings. The molecule has 0 atom stereocenters. The van der Waals surface area contributed by atoms with Crippen molar-refractivity contribution in [3.8, 4) is 23.0 Å². The van der Waals surface area contributed by atoms with Gasteiger partial charge in [-0.05, 0) is 95.8 Å². The molecule has 57 heavy (non-hydrogen) atoms. The molecule has 2 heterocycles. The van der Waals surface area contributed by atoms with Crippen LogP contribution in [-0.4, -0.2) is 45.6 Å². The third kappa shape index (κ3) is 12.8. The first-order valence-electron chi connectivity index (χ1n) is 17.8. The standard InChI is InChI=1S/C23H21ClN2O3.C22H18ClNO4/c1-15-11-17(5-8-21(15)24)13-18(27)12-16-3-6-19(7-4-16)29-20-9-10-26-22(14-20)23(28)25-2;1-14-10-16(4-7-20(14)23)12-17(25)11-15-2-5-18(6-3-15)28-19-8-9-24-21(13-19)22(26)27/h3-11,14H,12-13H2,1-2H3,(H,25,28);2-10,13H,11-12H2,1H3,(H,26,27). The van der Waals surface area contributed by atoms with Crippen molar-refractivity contribution < 1.29 is 33.8 Å². The average molecular weight is 805 g/mol. The van der Waals surface area contributed by atoms with Gasteiger partial charge in [0.15, 0.2) is 5.69 Å². The van der Waals surface area contributed by atoms with Crippen LogP contribution in [0.3, 0.4) is 0 Å². The third-order valence-electron chi connectivity index (χ3n) is 8.51. The molecule has 0 saturated heterocycles. The number of carbonyl (C=O) groups is 4. The first-order chi connectivity index (χ1) is 27.3. The molecule has 0 fully saturated rings. The number of amides is 1. The minimum absolute atomic E-state index is 0.0860. The Morgan fingerprint density at radius 2 is 0.930 bits per heavy atom. The van der Waals surface area contributed by atoms with E-state index in [0.717, 1.165) is 33.4 Å². The second-order valence-electron chi connectivity index (χ2n) is 13.1. The molecule has 0 radical (unpaired) electrons. The van der Waals surface area contributed by atoms with Crippen LogP contribution in [0.1, 0.15) is 54.4 Å². The van der Waals surface area contributed by atoms with Crippen LogP contribution < -0.4 is 14.8 Å². The highest BCUT2D eigenvalue weighted by Gasteiger charge is 2.11. The van der Waals surface area contributed by atoms with E-state index in [0.29, 0.717) is 58.7 Å². The molecule has 0 aliphatic rings. The number of aryl methyl sites for hydroxylation is 2. The van der Waals surface area contributed by atoms with Crippen LogP contribution in [0, 0.1) is 13.8 Å². The summed E-state index contributed by atoms with van der Waals surface area (Å²) in [5.74, 6) is 0.904. The van der Waals surface area contributed by atoms with Crippen LogP contribution in [0.5, 0.6) is 23.0 Å². The van der Waals surface area contributed by atoms with Crippen LogP contribution in [0.4, 0.5) is 0 Å². The minimum Gasteiger partial charge on any atom is -0.477 e. The Morgan fingerprint density at radius 1 is 0.544 bits per heavy atom. The molecule has 0 spiro atoms. The molecule has 290 valence electrons. The molecular formula is C45H39Cl2N3O7. The van der Waals surface area contributed by atoms with Crippen molar-refractivity contribution in [3.63, 3.8) is 0 Å². The summed E-state index contributed by atoms with van der Waals surface area (Å²) in [6.45, 7) is 3.84. The number of halogens is 2. The van der Waals surface area contributed by atoms with Crippen molar-refractivity contribution in [2.24, 2.45) is 0 Å². The summed E-state index contributed by atoms with van der Waals surface area (Å²) in [5, 5.41) is 12.9. The van der Waals surface area contributed by atoms with Crippen molar-refractivity contribution in [3.05, 3.63) is 176 Å². The highest BCUT2D eigenvalue weighted by atomic mass is 35.5. The van der Waals surface area contributed by atoms with E-state index < -0.39 is 5.97 Å². The third-order valence-corrected chi connectivity index (χ3v) is 9.36. The topological polar surface area (TPSA) is 145 Å². The number of nitrogens with one attached hydrogen (secondary N) is 1. The quantitative estimate of drug-likeness (QED) is 0.110. The molecule has 2 N–H and O–H groups in total. The molecule has 0 aliphatic carbocycles. The lowest BCUT2D eigenvalue weighted by Gasteiger charge is -2.08. The van der Waals surface area contributed by atoms with Gasteiger partial charge in [0.2, 0.25) is 0 Å². The highest BCUT2D eigenvalue weighted by molar-refractivity contribution is 6.31. The van der Waals surface area contributed by atoms with Crippen LogP contribution in [-0.2, 0) is 35.3 Å². The van der Waals surface area contributed by atoms with E-state index >= 15 is 0 Å². The fraction of sp³-hybridized carbons (Fsp3) is 0.156. The number of ketones is 2. The number of ether oxygens (including phenoxy) is 2. The molecule has 6 rings (SSSR count). The van der Waals surface area contributed by atoms with E-state index in [1.54, 1.807) is 55.6 Å². The number of hydrogen-bond acceptors (Lipinski definition) is 8. The number of carbonyl (C=O) groups excluding carboxylic acids is 3. The summed E-state index contributed by atoms with van der Waals surface area (Å²) in [6, 6.07) is 31.9. The van der Waals surface area contributed by atoms with E-state index in [1.165, 1.54) is 18.5 Å². The lowest BCUT2D eigenvalue weighted by molar-refractivity contribution is -0.118. The molecule has 1 amide bonds. The van der Waals surface area contributed by atoms with Crippen LogP contribution in [0.2, 0.25) is 10.0 Å². The zero-order chi connectivity index (χ0) is 40.9. The predicted molar refractivity (Wildman–Crippen MR) is 219 cm³/mol. The summed E-state index contributed by atoms with van der Waals surface area (Å²) in [5.41, 5.74) is 5.81. The zero-order valence-electron chi connectivity index (χ0n) is 31.4. The second-order valence-corrected chi connectivity index (χ2v) is 13.9. The van der Waals surface area contributed by atoms with Crippen LogP contribution in [0.25, 0.3) is 0 Å². The predicted octanol–water partition coefficient (Wildman–Crippen LogP) is 9.44. The number of hydrogen-bond donors (Lipinski definition) is 2. The molecule has 12 heteroatoms. The van der Waals surface area contributed by atoms with E-state index in [4.69, 9.17) is 37.8 Å². The molecule has 0 aliphatic heterocycles. The highest BCUT2D eigenvalue weighted by Crippen LogP contribution is 2.24. The Bertz CT molecular complexity index is 2380. The van der Waals surface area contributed by atoms with E-state index in [-0.39, 0.29) is 28.9 Å². The number of benzene rings is 4. The summed E-state index contributed by atoms with van der Waals surface area (Å²) in [7, 11) is 1.55. The van der Waals surface area contributed by atoms with Gasteiger partial charge in [-0.15, -0.1) is 0 Å². The molecule has 10 nitrogen and oxygen atoms in total. The minimum atomic E-state index is -1.12. The number of carboxylic acid groups (broad SMARTS) is 1. The number of nitrogens with zero attached hydrogens (tertiary/aromatic N) is 2. The Morgan fingerprint density at radius 3 is 1.33 bits per heavy atom. The Labute approximate surface area is 340 Å². The number of Topliss-reactive ketones (excluding diaryl/α,β-unsaturated/α-hetero) is 2. The summed E-state index contributed by atoms with van der Waals surface area (Å²) in [6.07, 6.45) is 4.29. The maximum atomic E-state index is 12.4. The maximum Gasteiger partial charge on any atom is 0.354 e. The molecule has 0 unspecified atom stereocenters. The van der Waals surface area contributed by atoms with Crippen molar-refractivity contribution in [1.82, 2.24) is 15.3 Å². The largest absolute Gasteiger partial charge is 0.477 e. The van der Waals surface area contributed by atoms with E-state index in [9.17, 15) is 19.2 Å². The monoisotopic (exact) mass is 803 g/mol. The van der Waals surface area contributed by atoms with Gasteiger partial charge in [-0.2, -0.15) is 0 Å². The SMILES string of the molecule is CNC(=O)c1cc(Oc2ccc(CC(=O)Cc3ccc(Cl)c(C)c3)cc2)ccn1.Cc1cc(CC(=O)Cc2ccc(Oc3ccnc(C(=O)O)c3)cc2)ccc1Cl. The summed E-state index contributed by atoms with van der Waals surface area (Å²) in [4.78, 5) is 55.1. The average Bonchev–Trinajstić information content (AvgIpc) is 3.19. The Hall–Kier alpha value is -6.36. The van der Waals surface area contributed by atoms with Crippen molar-refractivity contribution in [1.29, 1.82) is 0 Å². The molecule has 4 aromatic carbocycles. The number of rotatable bonds is 14.